The number of nitrogens with zero attached hydrogens (tertiary/aromatic N) is 3. The quantitative estimate of drug-likeness (QED) is 0.161. The summed E-state index contributed by atoms with van der Waals surface area (Å²) in [7, 11) is 2.42. The summed E-state index contributed by atoms with van der Waals surface area (Å²) in [5, 5.41) is 7.04. The van der Waals surface area contributed by atoms with Gasteiger partial charge < -0.3 is 19.9 Å². The number of benzene rings is 1. The summed E-state index contributed by atoms with van der Waals surface area (Å²) < 4.78 is 22.4. The summed E-state index contributed by atoms with van der Waals surface area (Å²) in [4.78, 5) is 15.0. The number of hydrogen-bond donors (Lipinski definition) is 3. The fourth-order valence-electron chi connectivity index (χ4n) is 4.52. The Morgan fingerprint density at radius 2 is 2.06 bits per heavy atom. The highest BCUT2D eigenvalue weighted by molar-refractivity contribution is 7.96. The zero-order valence-corrected chi connectivity index (χ0v) is 23.9. The Hall–Kier alpha value is -1.01. The second-order valence-corrected chi connectivity index (χ2v) is 10.9. The molecule has 2 aliphatic heterocycles. The number of thiol groups is 1. The number of hydrogen-bond acceptors (Lipinski definition) is 9. The number of aliphatic hydroxyl groups excluding tert-OH is 1. The van der Waals surface area contributed by atoms with Crippen LogP contribution in [0.25, 0.3) is 0 Å². The molecule has 3 N–H and O–H groups in total. The minimum atomic E-state index is -0.474. The first kappa shape index (κ1) is 31.2. The van der Waals surface area contributed by atoms with Crippen molar-refractivity contribution in [1.29, 1.82) is 0 Å². The molecule has 11 heteroatoms. The standard InChI is InChI=1S/C24H36ClFN4O2S2.CH4O/c1-32-24(31)18(4-3-17-9-11-28(12-10-17)21-15-29(16-21)34-2)5-6-19(27)14-30(33)20-7-8-23(26)22(25)13-20;1-2/h5,7-8,13,17,19,21,33H,3-4,6,9-12,14-16,27H2,1-2H3;2H,1H3/b18-5+;. The number of esters is 1. The first-order chi connectivity index (χ1) is 17.3. The lowest BCUT2D eigenvalue weighted by atomic mass is 9.89. The van der Waals surface area contributed by atoms with Gasteiger partial charge >= 0.3 is 5.97 Å². The van der Waals surface area contributed by atoms with Crippen LogP contribution in [0.5, 0.6) is 0 Å². The number of anilines is 1. The number of halogens is 2. The van der Waals surface area contributed by atoms with Crippen molar-refractivity contribution in [3.05, 3.63) is 40.7 Å². The van der Waals surface area contributed by atoms with Gasteiger partial charge in [0.25, 0.3) is 0 Å². The third-order valence-electron chi connectivity index (χ3n) is 6.80. The molecule has 1 aromatic rings. The van der Waals surface area contributed by atoms with E-state index in [1.807, 2.05) is 18.0 Å². The van der Waals surface area contributed by atoms with Gasteiger partial charge in [-0.1, -0.05) is 42.4 Å². The van der Waals surface area contributed by atoms with Crippen LogP contribution in [0.4, 0.5) is 10.1 Å². The number of likely N-dealkylation sites (tertiary alicyclic amines) is 1. The highest BCUT2D eigenvalue weighted by atomic mass is 35.5. The van der Waals surface area contributed by atoms with Gasteiger partial charge in [0.15, 0.2) is 0 Å². The van der Waals surface area contributed by atoms with E-state index in [9.17, 15) is 9.18 Å². The fourth-order valence-corrected chi connectivity index (χ4v) is 5.67. The maximum absolute atomic E-state index is 13.4. The Labute approximate surface area is 229 Å². The largest absolute Gasteiger partial charge is 0.466 e. The molecule has 3 rings (SSSR count). The predicted octanol–water partition coefficient (Wildman–Crippen LogP) is 4.01. The number of methoxy groups -OCH3 is 1. The lowest BCUT2D eigenvalue weighted by Gasteiger charge is -2.46. The first-order valence-corrected chi connectivity index (χ1v) is 14.2. The van der Waals surface area contributed by atoms with Crippen molar-refractivity contribution < 1.29 is 19.0 Å². The van der Waals surface area contributed by atoms with Crippen molar-refractivity contribution in [3.63, 3.8) is 0 Å². The van der Waals surface area contributed by atoms with Crippen LogP contribution in [-0.2, 0) is 9.53 Å². The number of carbonyl (C=O) groups is 1. The molecule has 2 saturated heterocycles. The van der Waals surface area contributed by atoms with Crippen molar-refractivity contribution in [2.45, 2.75) is 44.2 Å². The van der Waals surface area contributed by atoms with E-state index in [1.165, 1.54) is 45.2 Å². The van der Waals surface area contributed by atoms with Crippen molar-refractivity contribution in [2.24, 2.45) is 11.7 Å². The second kappa shape index (κ2) is 16.1. The van der Waals surface area contributed by atoms with E-state index in [1.54, 1.807) is 10.4 Å². The van der Waals surface area contributed by atoms with Gasteiger partial charge in [-0.05, 0) is 75.6 Å². The van der Waals surface area contributed by atoms with Gasteiger partial charge in [0.05, 0.1) is 12.1 Å². The molecule has 36 heavy (non-hydrogen) atoms. The molecule has 7 nitrogen and oxygen atoms in total. The monoisotopic (exact) mass is 562 g/mol. The highest BCUT2D eigenvalue weighted by Gasteiger charge is 2.33. The lowest BCUT2D eigenvalue weighted by Crippen LogP contribution is -2.58. The van der Waals surface area contributed by atoms with E-state index in [0.29, 0.717) is 42.6 Å². The third kappa shape index (κ3) is 9.38. The molecule has 2 aliphatic rings. The van der Waals surface area contributed by atoms with Crippen LogP contribution in [0.3, 0.4) is 0 Å². The van der Waals surface area contributed by atoms with Crippen molar-refractivity contribution >= 4 is 48.0 Å². The molecule has 0 saturated carbocycles. The maximum atomic E-state index is 13.4. The molecule has 0 bridgehead atoms. The third-order valence-corrected chi connectivity index (χ3v) is 8.30. The van der Waals surface area contributed by atoms with Crippen molar-refractivity contribution in [1.82, 2.24) is 9.21 Å². The van der Waals surface area contributed by atoms with Gasteiger partial charge in [-0.3, -0.25) is 4.90 Å². The number of aliphatic hydroxyl groups is 1. The topological polar surface area (TPSA) is 82.3 Å². The second-order valence-electron chi connectivity index (χ2n) is 9.10. The lowest BCUT2D eigenvalue weighted by molar-refractivity contribution is -0.136. The molecule has 1 aromatic carbocycles. The van der Waals surface area contributed by atoms with Crippen LogP contribution >= 0.6 is 36.4 Å². The molecule has 2 fully saturated rings. The summed E-state index contributed by atoms with van der Waals surface area (Å²) in [6, 6.07) is 4.87. The average molecular weight is 563 g/mol. The first-order valence-electron chi connectivity index (χ1n) is 12.2. The van der Waals surface area contributed by atoms with Crippen LogP contribution in [0.2, 0.25) is 5.02 Å². The van der Waals surface area contributed by atoms with Crippen LogP contribution in [0.1, 0.15) is 32.1 Å². The van der Waals surface area contributed by atoms with E-state index in [-0.39, 0.29) is 17.0 Å². The summed E-state index contributed by atoms with van der Waals surface area (Å²) in [5.41, 5.74) is 7.64. The van der Waals surface area contributed by atoms with Gasteiger partial charge in [0.2, 0.25) is 0 Å². The Morgan fingerprint density at radius 1 is 1.39 bits per heavy atom. The molecule has 2 heterocycles. The zero-order valence-electron chi connectivity index (χ0n) is 21.4. The number of rotatable bonds is 11. The fraction of sp³-hybridized carbons (Fsp3) is 0.640. The van der Waals surface area contributed by atoms with Gasteiger partial charge in [0, 0.05) is 50.1 Å². The molecule has 0 aromatic heterocycles. The van der Waals surface area contributed by atoms with E-state index < -0.39 is 5.82 Å². The smallest absolute Gasteiger partial charge is 0.333 e. The van der Waals surface area contributed by atoms with Crippen LogP contribution < -0.4 is 10.0 Å². The van der Waals surface area contributed by atoms with Gasteiger partial charge in [0.1, 0.15) is 5.82 Å². The minimum absolute atomic E-state index is 0.0402. The summed E-state index contributed by atoms with van der Waals surface area (Å²) in [6.45, 7) is 5.04. The number of nitrogens with two attached hydrogens (primary N) is 1. The maximum Gasteiger partial charge on any atom is 0.333 e. The molecule has 1 atom stereocenters. The molecule has 0 amide bonds. The highest BCUT2D eigenvalue weighted by Crippen LogP contribution is 2.29. The molecule has 204 valence electrons. The van der Waals surface area contributed by atoms with Crippen LogP contribution in [0, 0.1) is 11.7 Å². The molecule has 1 unspecified atom stereocenters. The Balaban J connectivity index is 0.00000222. The van der Waals surface area contributed by atoms with E-state index in [4.69, 9.17) is 27.2 Å². The predicted molar refractivity (Wildman–Crippen MR) is 151 cm³/mol. The Bertz CT molecular complexity index is 853. The number of piperidine rings is 1. The summed E-state index contributed by atoms with van der Waals surface area (Å²) in [5.74, 6) is -0.131. The van der Waals surface area contributed by atoms with E-state index in [2.05, 4.69) is 28.3 Å². The molecule has 0 aliphatic carbocycles. The van der Waals surface area contributed by atoms with Gasteiger partial charge in [-0.2, -0.15) is 0 Å². The van der Waals surface area contributed by atoms with Crippen molar-refractivity contribution in [3.8, 4) is 0 Å². The number of ether oxygens (including phenoxy) is 1. The zero-order chi connectivity index (χ0) is 26.7. The summed E-state index contributed by atoms with van der Waals surface area (Å²) >= 11 is 12.1. The van der Waals surface area contributed by atoms with Gasteiger partial charge in [-0.15, -0.1) is 0 Å². The van der Waals surface area contributed by atoms with Gasteiger partial charge in [-0.25, -0.2) is 13.5 Å². The molecule has 0 radical (unpaired) electrons. The van der Waals surface area contributed by atoms with Crippen LogP contribution in [0.15, 0.2) is 29.8 Å². The Kier molecular flexibility index (Phi) is 13.9. The Morgan fingerprint density at radius 3 is 2.64 bits per heavy atom. The normalized spacial score (nSPS) is 18.7. The van der Waals surface area contributed by atoms with Crippen LogP contribution in [-0.4, -0.2) is 85.6 Å². The van der Waals surface area contributed by atoms with E-state index >= 15 is 0 Å². The molecule has 0 spiro atoms. The average Bonchev–Trinajstić information content (AvgIpc) is 2.86. The number of carbonyl (C=O) groups excluding carboxylic acids is 1. The van der Waals surface area contributed by atoms with E-state index in [0.717, 1.165) is 26.6 Å². The molecular formula is C25H40ClFN4O3S2. The summed E-state index contributed by atoms with van der Waals surface area (Å²) in [6.07, 6.45) is 8.60. The molecular weight excluding hydrogens is 523 g/mol. The minimum Gasteiger partial charge on any atom is -0.466 e. The SMILES string of the molecule is CO.COC(=O)/C(=C/CC(N)CN(S)c1ccc(F)c(Cl)c1)CCC1CCN(C2CN(SC)C2)CC1. The van der Waals surface area contributed by atoms with Crippen molar-refractivity contribution in [2.75, 3.05) is 57.5 Å².